The maximum atomic E-state index is 12.9. The molecule has 0 aliphatic heterocycles. The molecule has 13 heavy (non-hydrogen) atoms. The molecule has 0 bridgehead atoms. The van der Waals surface area contributed by atoms with E-state index in [0.29, 0.717) is 0 Å². The second kappa shape index (κ2) is 3.93. The largest absolute Gasteiger partial charge is 0.325 e. The third kappa shape index (κ3) is 2.10. The van der Waals surface area contributed by atoms with Gasteiger partial charge < -0.3 is 5.73 Å². The monoisotopic (exact) mass is 210 g/mol. The van der Waals surface area contributed by atoms with Crippen molar-refractivity contribution in [3.63, 3.8) is 0 Å². The zero-order valence-electron chi connectivity index (χ0n) is 6.40. The van der Waals surface area contributed by atoms with Crippen molar-refractivity contribution >= 4 is 11.6 Å². The number of alkyl halides is 2. The molecule has 0 saturated heterocycles. The fraction of sp³-hybridized carbons (Fsp3) is 0.286. The van der Waals surface area contributed by atoms with Crippen LogP contribution in [0.3, 0.4) is 0 Å². The lowest BCUT2D eigenvalue weighted by molar-refractivity contribution is 0.145. The van der Waals surface area contributed by atoms with Gasteiger partial charge >= 0.3 is 0 Å². The molecule has 2 N–H and O–H groups in total. The number of aromatic nitrogens is 1. The molecule has 1 aromatic rings. The molecule has 2 nitrogen and oxygen atoms in total. The molecule has 0 aromatic carbocycles. The highest BCUT2D eigenvalue weighted by Gasteiger charge is 2.15. The number of rotatable bonds is 2. The minimum atomic E-state index is -2.77. The van der Waals surface area contributed by atoms with Gasteiger partial charge in [0, 0.05) is 6.54 Å². The topological polar surface area (TPSA) is 38.9 Å². The van der Waals surface area contributed by atoms with Crippen LogP contribution in [-0.4, -0.2) is 4.98 Å². The SMILES string of the molecule is NCc1nc(C(F)F)cc(Cl)c1F. The first kappa shape index (κ1) is 10.3. The van der Waals surface area contributed by atoms with Crippen LogP contribution in [0.2, 0.25) is 5.02 Å². The number of hydrogen-bond donors (Lipinski definition) is 1. The molecule has 0 atom stereocenters. The van der Waals surface area contributed by atoms with Gasteiger partial charge in [0.1, 0.15) is 5.69 Å². The van der Waals surface area contributed by atoms with Crippen LogP contribution in [0.15, 0.2) is 6.07 Å². The predicted octanol–water partition coefficient (Wildman–Crippen LogP) is 2.27. The van der Waals surface area contributed by atoms with Gasteiger partial charge in [-0.3, -0.25) is 0 Å². The predicted molar refractivity (Wildman–Crippen MR) is 42.1 cm³/mol. The van der Waals surface area contributed by atoms with Crippen LogP contribution in [0.4, 0.5) is 13.2 Å². The molecule has 72 valence electrons. The fourth-order valence-electron chi connectivity index (χ4n) is 0.815. The number of nitrogens with zero attached hydrogens (tertiary/aromatic N) is 1. The Balaban J connectivity index is 3.22. The lowest BCUT2D eigenvalue weighted by atomic mass is 10.3. The summed E-state index contributed by atoms with van der Waals surface area (Å²) >= 11 is 5.34. The van der Waals surface area contributed by atoms with Crippen LogP contribution in [0.1, 0.15) is 17.8 Å². The van der Waals surface area contributed by atoms with Gasteiger partial charge in [0.2, 0.25) is 0 Å². The van der Waals surface area contributed by atoms with Gasteiger partial charge in [-0.15, -0.1) is 0 Å². The molecule has 0 aliphatic rings. The van der Waals surface area contributed by atoms with Gasteiger partial charge in [0.05, 0.1) is 10.7 Å². The Labute approximate surface area is 77.5 Å². The van der Waals surface area contributed by atoms with Crippen molar-refractivity contribution in [3.05, 3.63) is 28.3 Å². The van der Waals surface area contributed by atoms with Gasteiger partial charge in [-0.05, 0) is 6.07 Å². The summed E-state index contributed by atoms with van der Waals surface area (Å²) in [6.45, 7) is -0.258. The highest BCUT2D eigenvalue weighted by atomic mass is 35.5. The zero-order valence-corrected chi connectivity index (χ0v) is 7.15. The first-order valence-electron chi connectivity index (χ1n) is 3.39. The molecular weight excluding hydrogens is 205 g/mol. The number of pyridine rings is 1. The van der Waals surface area contributed by atoms with E-state index >= 15 is 0 Å². The van der Waals surface area contributed by atoms with Gasteiger partial charge in [-0.1, -0.05) is 11.6 Å². The summed E-state index contributed by atoms with van der Waals surface area (Å²) in [6.07, 6.45) is -2.77. The Morgan fingerprint density at radius 1 is 1.54 bits per heavy atom. The second-order valence-corrected chi connectivity index (χ2v) is 2.70. The first-order valence-corrected chi connectivity index (χ1v) is 3.77. The van der Waals surface area contributed by atoms with Gasteiger partial charge in [0.25, 0.3) is 6.43 Å². The Morgan fingerprint density at radius 3 is 2.62 bits per heavy atom. The van der Waals surface area contributed by atoms with Crippen LogP contribution < -0.4 is 5.73 Å². The number of halogens is 4. The van der Waals surface area contributed by atoms with Crippen molar-refractivity contribution in [2.75, 3.05) is 0 Å². The number of hydrogen-bond acceptors (Lipinski definition) is 2. The fourth-order valence-corrected chi connectivity index (χ4v) is 1.04. The molecular formula is C7H6ClF3N2. The van der Waals surface area contributed by atoms with E-state index in [1.54, 1.807) is 0 Å². The molecule has 0 fully saturated rings. The van der Waals surface area contributed by atoms with Crippen molar-refractivity contribution in [2.24, 2.45) is 5.73 Å². The number of nitrogens with two attached hydrogens (primary N) is 1. The molecule has 1 rings (SSSR count). The average Bonchev–Trinajstić information content (AvgIpc) is 2.09. The van der Waals surface area contributed by atoms with E-state index in [-0.39, 0.29) is 17.3 Å². The summed E-state index contributed by atoms with van der Waals surface area (Å²) in [5.41, 5.74) is 4.27. The summed E-state index contributed by atoms with van der Waals surface area (Å²) in [7, 11) is 0. The van der Waals surface area contributed by atoms with Crippen molar-refractivity contribution in [1.82, 2.24) is 4.98 Å². The maximum Gasteiger partial charge on any atom is 0.280 e. The van der Waals surface area contributed by atoms with Gasteiger partial charge in [0.15, 0.2) is 5.82 Å². The van der Waals surface area contributed by atoms with Crippen LogP contribution >= 0.6 is 11.6 Å². The molecule has 1 aromatic heterocycles. The molecule has 0 unspecified atom stereocenters. The van der Waals surface area contributed by atoms with E-state index in [2.05, 4.69) is 4.98 Å². The third-order valence-electron chi connectivity index (χ3n) is 1.42. The molecule has 0 saturated carbocycles. The Morgan fingerprint density at radius 2 is 2.15 bits per heavy atom. The van der Waals surface area contributed by atoms with Gasteiger partial charge in [-0.25, -0.2) is 18.2 Å². The standard InChI is InChI=1S/C7H6ClF3N2/c8-3-1-4(7(10)11)13-5(2-12)6(3)9/h1,7H,2,12H2. The second-order valence-electron chi connectivity index (χ2n) is 2.29. The summed E-state index contributed by atoms with van der Waals surface area (Å²) in [4.78, 5) is 3.32. The molecule has 1 heterocycles. The third-order valence-corrected chi connectivity index (χ3v) is 1.69. The zero-order chi connectivity index (χ0) is 10.0. The molecule has 0 aliphatic carbocycles. The van der Waals surface area contributed by atoms with E-state index in [1.165, 1.54) is 0 Å². The van der Waals surface area contributed by atoms with E-state index in [1.807, 2.05) is 0 Å². The molecule has 0 radical (unpaired) electrons. The Bertz CT molecular complexity index is 317. The highest BCUT2D eigenvalue weighted by Crippen LogP contribution is 2.23. The van der Waals surface area contributed by atoms with E-state index < -0.39 is 17.9 Å². The lowest BCUT2D eigenvalue weighted by Crippen LogP contribution is -2.06. The Hall–Kier alpha value is -0.810. The molecule has 6 heteroatoms. The summed E-state index contributed by atoms with van der Waals surface area (Å²) in [5, 5.41) is -0.384. The summed E-state index contributed by atoms with van der Waals surface area (Å²) in [5.74, 6) is -0.839. The average molecular weight is 211 g/mol. The quantitative estimate of drug-likeness (QED) is 0.813. The van der Waals surface area contributed by atoms with Crippen LogP contribution in [0.5, 0.6) is 0 Å². The van der Waals surface area contributed by atoms with E-state index in [4.69, 9.17) is 17.3 Å². The molecule has 0 spiro atoms. The van der Waals surface area contributed by atoms with E-state index in [9.17, 15) is 13.2 Å². The van der Waals surface area contributed by atoms with Crippen molar-refractivity contribution in [2.45, 2.75) is 13.0 Å². The smallest absolute Gasteiger partial charge is 0.280 e. The lowest BCUT2D eigenvalue weighted by Gasteiger charge is -2.04. The van der Waals surface area contributed by atoms with Crippen molar-refractivity contribution in [1.29, 1.82) is 0 Å². The van der Waals surface area contributed by atoms with Crippen LogP contribution in [0.25, 0.3) is 0 Å². The minimum Gasteiger partial charge on any atom is -0.325 e. The maximum absolute atomic E-state index is 12.9. The highest BCUT2D eigenvalue weighted by molar-refractivity contribution is 6.30. The summed E-state index contributed by atoms with van der Waals surface area (Å²) < 4.78 is 37.1. The first-order chi connectivity index (χ1) is 6.06. The van der Waals surface area contributed by atoms with Crippen molar-refractivity contribution < 1.29 is 13.2 Å². The normalized spacial score (nSPS) is 10.9. The van der Waals surface area contributed by atoms with E-state index in [0.717, 1.165) is 6.07 Å². The van der Waals surface area contributed by atoms with Crippen molar-refractivity contribution in [3.8, 4) is 0 Å². The molecule has 0 amide bonds. The van der Waals surface area contributed by atoms with Crippen LogP contribution in [0, 0.1) is 5.82 Å². The van der Waals surface area contributed by atoms with Crippen LogP contribution in [-0.2, 0) is 6.54 Å². The Kier molecular flexibility index (Phi) is 3.11. The summed E-state index contributed by atoms with van der Waals surface area (Å²) in [6, 6.07) is 0.792. The van der Waals surface area contributed by atoms with Gasteiger partial charge in [-0.2, -0.15) is 0 Å². The minimum absolute atomic E-state index is 0.247.